The number of nitrogens with one attached hydrogen (secondary N) is 1. The summed E-state index contributed by atoms with van der Waals surface area (Å²) in [7, 11) is 2.26. The van der Waals surface area contributed by atoms with Gasteiger partial charge < -0.3 is 10.2 Å². The van der Waals surface area contributed by atoms with Crippen LogP contribution < -0.4 is 5.32 Å². The molecule has 1 saturated carbocycles. The lowest BCUT2D eigenvalue weighted by atomic mass is 9.85. The predicted molar refractivity (Wildman–Crippen MR) is 94.5 cm³/mol. The van der Waals surface area contributed by atoms with Crippen LogP contribution in [0.15, 0.2) is 28.7 Å². The molecule has 1 N–H and O–H groups in total. The molecule has 0 aliphatic heterocycles. The third-order valence-corrected chi connectivity index (χ3v) is 5.33. The lowest BCUT2D eigenvalue weighted by Crippen LogP contribution is -2.43. The van der Waals surface area contributed by atoms with Crippen LogP contribution in [-0.4, -0.2) is 31.1 Å². The fourth-order valence-corrected chi connectivity index (χ4v) is 3.89. The lowest BCUT2D eigenvalue weighted by molar-refractivity contribution is 0.164. The van der Waals surface area contributed by atoms with E-state index >= 15 is 0 Å². The zero-order valence-electron chi connectivity index (χ0n) is 13.7. The Morgan fingerprint density at radius 1 is 1.24 bits per heavy atom. The minimum absolute atomic E-state index is 0.472. The molecule has 0 spiro atoms. The number of rotatable bonds is 7. The Balaban J connectivity index is 1.95. The highest BCUT2D eigenvalue weighted by Gasteiger charge is 2.34. The Bertz CT molecular complexity index is 439. The van der Waals surface area contributed by atoms with E-state index in [-0.39, 0.29) is 0 Å². The van der Waals surface area contributed by atoms with Crippen molar-refractivity contribution in [3.05, 3.63) is 34.3 Å². The van der Waals surface area contributed by atoms with Crippen LogP contribution in [-0.2, 0) is 6.54 Å². The summed E-state index contributed by atoms with van der Waals surface area (Å²) in [6, 6.07) is 9.14. The summed E-state index contributed by atoms with van der Waals surface area (Å²) in [5, 5.41) is 3.67. The Morgan fingerprint density at radius 3 is 2.52 bits per heavy atom. The van der Waals surface area contributed by atoms with Gasteiger partial charge in [0.05, 0.1) is 0 Å². The fourth-order valence-electron chi connectivity index (χ4n) is 3.48. The normalized spacial score (nSPS) is 17.8. The SMILES string of the molecule is CC(C)NCC1(CN(C)Cc2ccccc2Br)CCCC1. The summed E-state index contributed by atoms with van der Waals surface area (Å²) in [5.74, 6) is 0. The van der Waals surface area contributed by atoms with Crippen molar-refractivity contribution in [2.24, 2.45) is 5.41 Å². The van der Waals surface area contributed by atoms with Crippen LogP contribution in [0.1, 0.15) is 45.1 Å². The van der Waals surface area contributed by atoms with Crippen LogP contribution in [0.5, 0.6) is 0 Å². The van der Waals surface area contributed by atoms with E-state index in [1.165, 1.54) is 42.3 Å². The highest BCUT2D eigenvalue weighted by atomic mass is 79.9. The van der Waals surface area contributed by atoms with Gasteiger partial charge in [-0.3, -0.25) is 0 Å². The Hall–Kier alpha value is -0.380. The number of halogens is 1. The molecule has 3 heteroatoms. The first-order chi connectivity index (χ1) is 10.0. The summed E-state index contributed by atoms with van der Waals surface area (Å²) in [5.41, 5.74) is 1.85. The monoisotopic (exact) mass is 352 g/mol. The van der Waals surface area contributed by atoms with Gasteiger partial charge in [0.25, 0.3) is 0 Å². The quantitative estimate of drug-likeness (QED) is 0.780. The third kappa shape index (κ3) is 5.08. The van der Waals surface area contributed by atoms with E-state index in [0.717, 1.165) is 13.1 Å². The van der Waals surface area contributed by atoms with Crippen LogP contribution in [0.2, 0.25) is 0 Å². The molecule has 0 aromatic heterocycles. The Labute approximate surface area is 138 Å². The number of hydrogen-bond donors (Lipinski definition) is 1. The van der Waals surface area contributed by atoms with Crippen LogP contribution in [0.3, 0.4) is 0 Å². The van der Waals surface area contributed by atoms with Crippen molar-refractivity contribution in [3.63, 3.8) is 0 Å². The van der Waals surface area contributed by atoms with Gasteiger partial charge in [0.1, 0.15) is 0 Å². The molecule has 2 nitrogen and oxygen atoms in total. The van der Waals surface area contributed by atoms with Gasteiger partial charge in [0, 0.05) is 30.1 Å². The molecule has 0 unspecified atom stereocenters. The van der Waals surface area contributed by atoms with E-state index in [4.69, 9.17) is 0 Å². The molecular weight excluding hydrogens is 324 g/mol. The van der Waals surface area contributed by atoms with Crippen molar-refractivity contribution in [2.75, 3.05) is 20.1 Å². The van der Waals surface area contributed by atoms with E-state index in [1.807, 2.05) is 0 Å². The molecule has 0 amide bonds. The summed E-state index contributed by atoms with van der Waals surface area (Å²) in [4.78, 5) is 2.49. The molecule has 1 aromatic carbocycles. The number of nitrogens with zero attached hydrogens (tertiary/aromatic N) is 1. The van der Waals surface area contributed by atoms with Gasteiger partial charge in [-0.05, 0) is 36.9 Å². The van der Waals surface area contributed by atoms with Crippen molar-refractivity contribution >= 4 is 15.9 Å². The third-order valence-electron chi connectivity index (χ3n) is 4.55. The van der Waals surface area contributed by atoms with Gasteiger partial charge in [0.15, 0.2) is 0 Å². The molecule has 0 saturated heterocycles. The van der Waals surface area contributed by atoms with E-state index < -0.39 is 0 Å². The molecule has 0 heterocycles. The van der Waals surface area contributed by atoms with Crippen LogP contribution in [0.25, 0.3) is 0 Å². The summed E-state index contributed by atoms with van der Waals surface area (Å²) in [6.45, 7) is 7.85. The van der Waals surface area contributed by atoms with E-state index in [2.05, 4.69) is 71.3 Å². The maximum Gasteiger partial charge on any atom is 0.0242 e. The molecule has 21 heavy (non-hydrogen) atoms. The molecule has 1 aromatic rings. The van der Waals surface area contributed by atoms with Gasteiger partial charge in [-0.1, -0.05) is 60.8 Å². The second kappa shape index (κ2) is 7.75. The average molecular weight is 353 g/mol. The molecule has 1 aliphatic rings. The summed E-state index contributed by atoms with van der Waals surface area (Å²) in [6.07, 6.45) is 5.52. The maximum absolute atomic E-state index is 3.67. The van der Waals surface area contributed by atoms with Gasteiger partial charge in [-0.2, -0.15) is 0 Å². The number of benzene rings is 1. The smallest absolute Gasteiger partial charge is 0.0242 e. The van der Waals surface area contributed by atoms with Gasteiger partial charge in [-0.25, -0.2) is 0 Å². The van der Waals surface area contributed by atoms with Gasteiger partial charge >= 0.3 is 0 Å². The number of hydrogen-bond acceptors (Lipinski definition) is 2. The van der Waals surface area contributed by atoms with Crippen LogP contribution in [0, 0.1) is 5.41 Å². The molecule has 1 fully saturated rings. The van der Waals surface area contributed by atoms with Crippen LogP contribution >= 0.6 is 15.9 Å². The highest BCUT2D eigenvalue weighted by Crippen LogP contribution is 2.38. The largest absolute Gasteiger partial charge is 0.314 e. The average Bonchev–Trinajstić information content (AvgIpc) is 2.88. The minimum Gasteiger partial charge on any atom is -0.314 e. The predicted octanol–water partition coefficient (Wildman–Crippen LogP) is 4.44. The topological polar surface area (TPSA) is 15.3 Å². The molecule has 0 bridgehead atoms. The Morgan fingerprint density at radius 2 is 1.90 bits per heavy atom. The molecular formula is C18H29BrN2. The Kier molecular flexibility index (Phi) is 6.27. The van der Waals surface area contributed by atoms with Crippen molar-refractivity contribution < 1.29 is 0 Å². The maximum atomic E-state index is 3.67. The van der Waals surface area contributed by atoms with Crippen molar-refractivity contribution in [1.82, 2.24) is 10.2 Å². The first kappa shape index (κ1) is 17.0. The summed E-state index contributed by atoms with van der Waals surface area (Å²) >= 11 is 3.66. The first-order valence-corrected chi connectivity index (χ1v) is 8.95. The minimum atomic E-state index is 0.472. The van der Waals surface area contributed by atoms with Gasteiger partial charge in [0.2, 0.25) is 0 Å². The van der Waals surface area contributed by atoms with Crippen LogP contribution in [0.4, 0.5) is 0 Å². The standard InChI is InChI=1S/C18H29BrN2/c1-15(2)20-13-18(10-6-7-11-18)14-21(3)12-16-8-4-5-9-17(16)19/h4-5,8-9,15,20H,6-7,10-14H2,1-3H3. The molecule has 0 radical (unpaired) electrons. The highest BCUT2D eigenvalue weighted by molar-refractivity contribution is 9.10. The molecule has 118 valence electrons. The van der Waals surface area contributed by atoms with Crippen molar-refractivity contribution in [3.8, 4) is 0 Å². The van der Waals surface area contributed by atoms with E-state index in [1.54, 1.807) is 0 Å². The zero-order valence-corrected chi connectivity index (χ0v) is 15.2. The molecule has 0 atom stereocenters. The van der Waals surface area contributed by atoms with Crippen molar-refractivity contribution in [2.45, 2.75) is 52.1 Å². The second-order valence-electron chi connectivity index (χ2n) is 7.01. The van der Waals surface area contributed by atoms with E-state index in [9.17, 15) is 0 Å². The summed E-state index contributed by atoms with van der Waals surface area (Å²) < 4.78 is 1.22. The van der Waals surface area contributed by atoms with Gasteiger partial charge in [-0.15, -0.1) is 0 Å². The lowest BCUT2D eigenvalue weighted by Gasteiger charge is -2.35. The fraction of sp³-hybridized carbons (Fsp3) is 0.667. The molecule has 1 aliphatic carbocycles. The van der Waals surface area contributed by atoms with Crippen molar-refractivity contribution in [1.29, 1.82) is 0 Å². The zero-order chi connectivity index (χ0) is 15.3. The first-order valence-electron chi connectivity index (χ1n) is 8.16. The molecule has 2 rings (SSSR count). The second-order valence-corrected chi connectivity index (χ2v) is 7.86. The van der Waals surface area contributed by atoms with E-state index in [0.29, 0.717) is 11.5 Å².